The van der Waals surface area contributed by atoms with Gasteiger partial charge in [0.1, 0.15) is 12.4 Å². The van der Waals surface area contributed by atoms with Gasteiger partial charge in [-0.2, -0.15) is 9.59 Å². The molecular formula is C35H48N4O13. The van der Waals surface area contributed by atoms with Gasteiger partial charge in [-0.15, -0.1) is 0 Å². The average molecular weight is 733 g/mol. The van der Waals surface area contributed by atoms with Crippen molar-refractivity contribution in [2.75, 3.05) is 66.0 Å². The first-order valence-electron chi connectivity index (χ1n) is 16.0. The number of carboxylic acids is 4. The zero-order valence-electron chi connectivity index (χ0n) is 29.3. The number of carbonyl (C=O) groups excluding carboxylic acids is 4. The van der Waals surface area contributed by atoms with Crippen LogP contribution in [0.5, 0.6) is 0 Å². The number of rotatable bonds is 24. The summed E-state index contributed by atoms with van der Waals surface area (Å²) in [4.78, 5) is 88.4. The number of ketones is 2. The van der Waals surface area contributed by atoms with Crippen molar-refractivity contribution in [3.05, 3.63) is 71.3 Å². The average Bonchev–Trinajstić information content (AvgIpc) is 3.05. The third kappa shape index (κ3) is 25.8. The molecule has 0 aliphatic heterocycles. The summed E-state index contributed by atoms with van der Waals surface area (Å²) in [6.07, 6.45) is 1.44. The fourth-order valence-electron chi connectivity index (χ4n) is 4.54. The van der Waals surface area contributed by atoms with Crippen LogP contribution in [0.4, 0.5) is 0 Å². The van der Waals surface area contributed by atoms with Gasteiger partial charge in [-0.1, -0.05) is 54.6 Å². The quantitative estimate of drug-likeness (QED) is 0.0961. The van der Waals surface area contributed by atoms with Crippen LogP contribution in [0.1, 0.15) is 30.0 Å². The summed E-state index contributed by atoms with van der Waals surface area (Å²) in [5.41, 5.74) is 8.82. The predicted octanol–water partition coefficient (Wildman–Crippen LogP) is 0.141. The van der Waals surface area contributed by atoms with E-state index in [0.29, 0.717) is 25.9 Å². The van der Waals surface area contributed by atoms with Crippen molar-refractivity contribution < 1.29 is 63.5 Å². The highest BCUT2D eigenvalue weighted by atomic mass is 16.5. The van der Waals surface area contributed by atoms with Gasteiger partial charge in [-0.25, -0.2) is 0 Å². The molecule has 0 radical (unpaired) electrons. The molecule has 0 aliphatic carbocycles. The van der Waals surface area contributed by atoms with Gasteiger partial charge in [0.25, 0.3) is 5.97 Å². The fraction of sp³-hybridized carbons (Fsp3) is 0.457. The van der Waals surface area contributed by atoms with Crippen LogP contribution in [-0.4, -0.2) is 149 Å². The lowest BCUT2D eigenvalue weighted by atomic mass is 10.0. The molecule has 0 saturated carbocycles. The largest absolute Gasteiger partial charge is 0.481 e. The highest BCUT2D eigenvalue weighted by Gasteiger charge is 2.18. The topological polar surface area (TPSA) is 262 Å². The van der Waals surface area contributed by atoms with E-state index in [9.17, 15) is 24.0 Å². The lowest BCUT2D eigenvalue weighted by Crippen LogP contribution is -2.44. The molecule has 0 amide bonds. The Kier molecular flexibility index (Phi) is 24.8. The Labute approximate surface area is 301 Å². The Balaban J connectivity index is 0.00000340. The maximum Gasteiger partial charge on any atom is 0.373 e. The molecule has 2 rings (SSSR count). The summed E-state index contributed by atoms with van der Waals surface area (Å²) in [6, 6.07) is 16.4. The Bertz CT molecular complexity index is 1410. The van der Waals surface area contributed by atoms with Gasteiger partial charge in [0.05, 0.1) is 38.8 Å². The van der Waals surface area contributed by atoms with Crippen LogP contribution in [-0.2, 0) is 62.5 Å². The monoisotopic (exact) mass is 732 g/mol. The zero-order valence-corrected chi connectivity index (χ0v) is 29.3. The number of Topliss-reactive ketones (excluding diaryl/α,β-unsaturated/α-hetero) is 2. The molecule has 286 valence electrons. The molecule has 0 bridgehead atoms. The molecule has 0 heterocycles. The fourth-order valence-corrected chi connectivity index (χ4v) is 4.54. The molecule has 0 aromatic heterocycles. The van der Waals surface area contributed by atoms with Gasteiger partial charge in [-0.3, -0.25) is 43.5 Å². The molecule has 52 heavy (non-hydrogen) atoms. The smallest absolute Gasteiger partial charge is 0.373 e. The van der Waals surface area contributed by atoms with E-state index in [1.54, 1.807) is 16.8 Å². The minimum Gasteiger partial charge on any atom is -0.481 e. The Morgan fingerprint density at radius 1 is 0.712 bits per heavy atom. The van der Waals surface area contributed by atoms with E-state index in [1.807, 2.05) is 54.6 Å². The van der Waals surface area contributed by atoms with Crippen LogP contribution in [0.3, 0.4) is 0 Å². The minimum absolute atomic E-state index is 0.0568. The normalized spacial score (nSPS) is 11.0. The third-order valence-electron chi connectivity index (χ3n) is 6.99. The van der Waals surface area contributed by atoms with Crippen LogP contribution in [0.15, 0.2) is 54.6 Å². The van der Waals surface area contributed by atoms with E-state index in [1.165, 1.54) is 4.90 Å². The number of carboxylic acid groups (broad SMARTS) is 4. The van der Waals surface area contributed by atoms with Gasteiger partial charge < -0.3 is 30.9 Å². The number of hydrogen-bond acceptors (Lipinski definition) is 13. The van der Waals surface area contributed by atoms with Gasteiger partial charge in [0.15, 0.2) is 5.78 Å². The highest BCUT2D eigenvalue weighted by molar-refractivity contribution is 5.85. The molecule has 0 aliphatic rings. The Morgan fingerprint density at radius 2 is 1.19 bits per heavy atom. The first kappa shape index (κ1) is 46.8. The first-order valence-corrected chi connectivity index (χ1v) is 16.0. The number of aliphatic carboxylic acids is 4. The minimum atomic E-state index is -1.16. The van der Waals surface area contributed by atoms with Gasteiger partial charge >= 0.3 is 24.1 Å². The number of aryl methyl sites for hydroxylation is 1. The highest BCUT2D eigenvalue weighted by Crippen LogP contribution is 2.10. The predicted molar refractivity (Wildman–Crippen MR) is 184 cm³/mol. The van der Waals surface area contributed by atoms with Crippen LogP contribution in [0, 0.1) is 0 Å². The summed E-state index contributed by atoms with van der Waals surface area (Å²) < 4.78 is 5.57. The zero-order chi connectivity index (χ0) is 39.5. The number of hydrogen-bond donors (Lipinski definition) is 5. The van der Waals surface area contributed by atoms with Crippen molar-refractivity contribution >= 4 is 41.6 Å². The second-order valence-corrected chi connectivity index (χ2v) is 11.6. The van der Waals surface area contributed by atoms with Crippen molar-refractivity contribution in [1.29, 1.82) is 0 Å². The second-order valence-electron chi connectivity index (χ2n) is 11.6. The Hall–Kier alpha value is -5.16. The number of carbonyl (C=O) groups is 6. The number of nitrogens with two attached hydrogens (primary N) is 1. The van der Waals surface area contributed by atoms with E-state index < -0.39 is 43.0 Å². The van der Waals surface area contributed by atoms with Crippen LogP contribution < -0.4 is 5.73 Å². The molecule has 1 atom stereocenters. The third-order valence-corrected chi connectivity index (χ3v) is 6.99. The lowest BCUT2D eigenvalue weighted by Gasteiger charge is -2.27. The second kappa shape index (κ2) is 27.5. The van der Waals surface area contributed by atoms with E-state index in [2.05, 4.69) is 0 Å². The van der Waals surface area contributed by atoms with Crippen molar-refractivity contribution in [2.45, 2.75) is 38.8 Å². The van der Waals surface area contributed by atoms with Gasteiger partial charge in [-0.05, 0) is 36.6 Å². The molecule has 17 heteroatoms. The van der Waals surface area contributed by atoms with Crippen LogP contribution in [0.2, 0.25) is 0 Å². The van der Waals surface area contributed by atoms with Crippen molar-refractivity contribution in [3.63, 3.8) is 0 Å². The standard InChI is InChI=1S/C32H44N4O9.C2H4O2.CO2/c1-34(19-30(39)40)13-14-35(15-16-36(20-31(41)42)21-32(43)44)18-27(37)12-11-24-7-9-26(10-8-24)22-45-23-29(38)28(33)17-25-5-3-2-4-6-25;1-2(3)4;2-1-3/h2-10,28H,11-23,33H2,1H3,(H,39,40)(H,41,42)(H,43,44);1H3,(H,3,4);/t28-;;/m1../s1. The van der Waals surface area contributed by atoms with E-state index in [-0.39, 0.29) is 63.5 Å². The molecule has 2 aromatic carbocycles. The molecule has 0 saturated heterocycles. The van der Waals surface area contributed by atoms with Gasteiger partial charge in [0.2, 0.25) is 0 Å². The summed E-state index contributed by atoms with van der Waals surface area (Å²) in [7, 11) is 1.64. The molecule has 0 unspecified atom stereocenters. The van der Waals surface area contributed by atoms with E-state index >= 15 is 0 Å². The lowest BCUT2D eigenvalue weighted by molar-refractivity contribution is -0.192. The van der Waals surface area contributed by atoms with Crippen molar-refractivity contribution in [3.8, 4) is 0 Å². The summed E-state index contributed by atoms with van der Waals surface area (Å²) >= 11 is 0. The molecule has 0 spiro atoms. The maximum absolute atomic E-state index is 12.9. The Morgan fingerprint density at radius 3 is 1.71 bits per heavy atom. The first-order chi connectivity index (χ1) is 24.6. The number of nitrogens with zero attached hydrogens (tertiary/aromatic N) is 3. The van der Waals surface area contributed by atoms with E-state index in [4.69, 9.17) is 45.3 Å². The number of benzene rings is 2. The van der Waals surface area contributed by atoms with Gasteiger partial charge in [0, 0.05) is 39.5 Å². The SMILES string of the molecule is CC(=O)O.CN(CCN(CCN(CC(=O)O)CC(=O)O)CC(=O)CCc1ccc(COCC(=O)[C@H](N)Cc2ccccc2)cc1)CC(=O)O.O=C=O. The number of ether oxygens (including phenoxy) is 1. The molecule has 6 N–H and O–H groups in total. The van der Waals surface area contributed by atoms with Crippen molar-refractivity contribution in [1.82, 2.24) is 14.7 Å². The van der Waals surface area contributed by atoms with Crippen molar-refractivity contribution in [2.24, 2.45) is 5.73 Å². The maximum atomic E-state index is 12.9. The van der Waals surface area contributed by atoms with Crippen LogP contribution in [0.25, 0.3) is 0 Å². The van der Waals surface area contributed by atoms with E-state index in [0.717, 1.165) is 23.6 Å². The van der Waals surface area contributed by atoms with Crippen LogP contribution >= 0.6 is 0 Å². The molecule has 0 fully saturated rings. The molecular weight excluding hydrogens is 684 g/mol. The molecule has 17 nitrogen and oxygen atoms in total. The molecule has 2 aromatic rings. The summed E-state index contributed by atoms with van der Waals surface area (Å²) in [5.74, 6) is -4.36. The summed E-state index contributed by atoms with van der Waals surface area (Å²) in [6.45, 7) is 1.27. The summed E-state index contributed by atoms with van der Waals surface area (Å²) in [5, 5.41) is 34.6. The number of likely N-dealkylation sites (N-methyl/N-ethyl adjacent to an activating group) is 1.